The van der Waals surface area contributed by atoms with Crippen LogP contribution in [-0.4, -0.2) is 5.97 Å². The number of esters is 1. The minimum Gasteiger partial charge on any atom is -0.423 e. The highest BCUT2D eigenvalue weighted by Gasteiger charge is 2.16. The molecule has 0 saturated carbocycles. The molecule has 0 unspecified atom stereocenters. The van der Waals surface area contributed by atoms with Crippen molar-refractivity contribution < 1.29 is 18.3 Å². The summed E-state index contributed by atoms with van der Waals surface area (Å²) in [5, 5.41) is 8.71. The van der Waals surface area contributed by atoms with Crippen molar-refractivity contribution in [1.29, 1.82) is 5.26 Å². The highest BCUT2D eigenvalue weighted by molar-refractivity contribution is 5.91. The summed E-state index contributed by atoms with van der Waals surface area (Å²) in [6, 6.07) is 9.80. The molecule has 0 spiro atoms. The Morgan fingerprint density at radius 1 is 1.12 bits per heavy atom. The maximum Gasteiger partial charge on any atom is 0.343 e. The first-order valence-corrected chi connectivity index (χ1v) is 7.75. The molecular weight excluding hydrogens is 312 g/mol. The quantitative estimate of drug-likeness (QED) is 0.435. The van der Waals surface area contributed by atoms with Crippen LogP contribution >= 0.6 is 0 Å². The van der Waals surface area contributed by atoms with E-state index in [1.165, 1.54) is 24.3 Å². The van der Waals surface area contributed by atoms with E-state index in [0.29, 0.717) is 18.4 Å². The van der Waals surface area contributed by atoms with Crippen molar-refractivity contribution in [3.05, 3.63) is 64.7 Å². The van der Waals surface area contributed by atoms with Gasteiger partial charge in [-0.2, -0.15) is 5.26 Å². The van der Waals surface area contributed by atoms with Gasteiger partial charge in [0.1, 0.15) is 17.4 Å². The smallest absolute Gasteiger partial charge is 0.343 e. The second-order valence-electron chi connectivity index (χ2n) is 5.40. The number of rotatable bonds is 6. The standard InChI is InChI=1S/C19H17F2NO2/c1-2-3-4-5-16-17(20)10-14(11-18(16)21)19(23)24-15-8-6-13(12-22)7-9-15/h6-11H,2-5H2,1H3. The zero-order valence-electron chi connectivity index (χ0n) is 13.3. The fraction of sp³-hybridized carbons (Fsp3) is 0.263. The summed E-state index contributed by atoms with van der Waals surface area (Å²) in [5.41, 5.74) is 0.232. The van der Waals surface area contributed by atoms with E-state index in [1.54, 1.807) is 0 Å². The zero-order valence-corrected chi connectivity index (χ0v) is 13.3. The van der Waals surface area contributed by atoms with Crippen LogP contribution < -0.4 is 4.74 Å². The molecule has 0 atom stereocenters. The molecule has 0 aliphatic rings. The normalized spacial score (nSPS) is 10.2. The second kappa shape index (κ2) is 8.21. The van der Waals surface area contributed by atoms with Crippen molar-refractivity contribution in [2.24, 2.45) is 0 Å². The van der Waals surface area contributed by atoms with Crippen LogP contribution in [0, 0.1) is 23.0 Å². The molecule has 2 rings (SSSR count). The first-order chi connectivity index (χ1) is 11.5. The van der Waals surface area contributed by atoms with Crippen LogP contribution in [0.4, 0.5) is 8.78 Å². The van der Waals surface area contributed by atoms with Crippen molar-refractivity contribution in [2.45, 2.75) is 32.6 Å². The lowest BCUT2D eigenvalue weighted by molar-refractivity contribution is 0.0733. The number of hydrogen-bond acceptors (Lipinski definition) is 3. The molecule has 0 bridgehead atoms. The average molecular weight is 329 g/mol. The van der Waals surface area contributed by atoms with Gasteiger partial charge < -0.3 is 4.74 Å². The highest BCUT2D eigenvalue weighted by atomic mass is 19.1. The van der Waals surface area contributed by atoms with Crippen LogP contribution in [0.5, 0.6) is 5.75 Å². The SMILES string of the molecule is CCCCCc1c(F)cc(C(=O)Oc2ccc(C#N)cc2)cc1F. The Balaban J connectivity index is 2.13. The van der Waals surface area contributed by atoms with Gasteiger partial charge >= 0.3 is 5.97 Å². The third-order valence-corrected chi connectivity index (χ3v) is 3.60. The van der Waals surface area contributed by atoms with E-state index in [1.807, 2.05) is 13.0 Å². The van der Waals surface area contributed by atoms with Crippen molar-refractivity contribution in [2.75, 3.05) is 0 Å². The number of hydrogen-bond donors (Lipinski definition) is 0. The number of nitrogens with zero attached hydrogens (tertiary/aromatic N) is 1. The molecule has 0 aromatic heterocycles. The van der Waals surface area contributed by atoms with Gasteiger partial charge in [-0.25, -0.2) is 13.6 Å². The molecule has 24 heavy (non-hydrogen) atoms. The van der Waals surface area contributed by atoms with E-state index < -0.39 is 17.6 Å². The van der Waals surface area contributed by atoms with Gasteiger partial charge in [0.05, 0.1) is 17.2 Å². The van der Waals surface area contributed by atoms with E-state index in [2.05, 4.69) is 0 Å². The molecule has 0 heterocycles. The van der Waals surface area contributed by atoms with E-state index in [-0.39, 0.29) is 16.9 Å². The Kier molecular flexibility index (Phi) is 6.02. The second-order valence-corrected chi connectivity index (χ2v) is 5.40. The zero-order chi connectivity index (χ0) is 17.5. The summed E-state index contributed by atoms with van der Waals surface area (Å²) in [5.74, 6) is -2.12. The molecule has 2 aromatic carbocycles. The maximum absolute atomic E-state index is 14.1. The Bertz CT molecular complexity index is 741. The molecule has 0 amide bonds. The molecule has 0 aliphatic carbocycles. The fourth-order valence-corrected chi connectivity index (χ4v) is 2.27. The molecule has 3 nitrogen and oxygen atoms in total. The van der Waals surface area contributed by atoms with Gasteiger partial charge in [0, 0.05) is 5.56 Å². The lowest BCUT2D eigenvalue weighted by Gasteiger charge is -2.08. The number of halogens is 2. The van der Waals surface area contributed by atoms with Crippen molar-refractivity contribution >= 4 is 5.97 Å². The Labute approximate surface area is 139 Å². The topological polar surface area (TPSA) is 50.1 Å². The largest absolute Gasteiger partial charge is 0.423 e. The molecule has 0 fully saturated rings. The number of unbranched alkanes of at least 4 members (excludes halogenated alkanes) is 2. The molecule has 5 heteroatoms. The molecule has 0 radical (unpaired) electrons. The number of ether oxygens (including phenoxy) is 1. The van der Waals surface area contributed by atoms with Crippen molar-refractivity contribution in [3.63, 3.8) is 0 Å². The summed E-state index contributed by atoms with van der Waals surface area (Å²) >= 11 is 0. The van der Waals surface area contributed by atoms with Gasteiger partial charge in [-0.15, -0.1) is 0 Å². The van der Waals surface area contributed by atoms with Crippen molar-refractivity contribution in [3.8, 4) is 11.8 Å². The number of carbonyl (C=O) groups excluding carboxylic acids is 1. The Morgan fingerprint density at radius 3 is 2.29 bits per heavy atom. The highest BCUT2D eigenvalue weighted by Crippen LogP contribution is 2.20. The monoisotopic (exact) mass is 329 g/mol. The third-order valence-electron chi connectivity index (χ3n) is 3.60. The summed E-state index contributed by atoms with van der Waals surface area (Å²) in [7, 11) is 0. The van der Waals surface area contributed by atoms with Crippen molar-refractivity contribution in [1.82, 2.24) is 0 Å². The average Bonchev–Trinajstić information content (AvgIpc) is 2.58. The molecule has 2 aromatic rings. The van der Waals surface area contributed by atoms with Crippen LogP contribution in [0.15, 0.2) is 36.4 Å². The third kappa shape index (κ3) is 4.39. The Hall–Kier alpha value is -2.74. The van der Waals surface area contributed by atoms with E-state index in [0.717, 1.165) is 25.0 Å². The lowest BCUT2D eigenvalue weighted by atomic mass is 10.0. The summed E-state index contributed by atoms with van der Waals surface area (Å²) in [6.45, 7) is 2.01. The van der Waals surface area contributed by atoms with Crippen LogP contribution in [-0.2, 0) is 6.42 Å². The first kappa shape index (κ1) is 17.6. The van der Waals surface area contributed by atoms with Gasteiger partial charge in [-0.1, -0.05) is 19.8 Å². The van der Waals surface area contributed by atoms with Crippen LogP contribution in [0.1, 0.15) is 47.7 Å². The number of carbonyl (C=O) groups is 1. The minimum atomic E-state index is -0.849. The summed E-state index contributed by atoms with van der Waals surface area (Å²) in [6.07, 6.45) is 2.84. The van der Waals surface area contributed by atoms with Crippen LogP contribution in [0.2, 0.25) is 0 Å². The van der Waals surface area contributed by atoms with Crippen LogP contribution in [0.3, 0.4) is 0 Å². The molecular formula is C19H17F2NO2. The molecule has 0 aliphatic heterocycles. The fourth-order valence-electron chi connectivity index (χ4n) is 2.27. The predicted molar refractivity (Wildman–Crippen MR) is 85.7 cm³/mol. The van der Waals surface area contributed by atoms with Gasteiger partial charge in [0.25, 0.3) is 0 Å². The molecule has 0 saturated heterocycles. The lowest BCUT2D eigenvalue weighted by Crippen LogP contribution is -2.11. The van der Waals surface area contributed by atoms with E-state index in [4.69, 9.17) is 10.00 Å². The van der Waals surface area contributed by atoms with Gasteiger partial charge in [-0.3, -0.25) is 0 Å². The molecule has 0 N–H and O–H groups in total. The number of nitriles is 1. The predicted octanol–water partition coefficient (Wildman–Crippen LogP) is 4.79. The van der Waals surface area contributed by atoms with Gasteiger partial charge in [-0.05, 0) is 49.2 Å². The van der Waals surface area contributed by atoms with E-state index >= 15 is 0 Å². The van der Waals surface area contributed by atoms with Gasteiger partial charge in [0.15, 0.2) is 0 Å². The Morgan fingerprint density at radius 2 is 1.75 bits per heavy atom. The molecule has 124 valence electrons. The number of benzene rings is 2. The van der Waals surface area contributed by atoms with E-state index in [9.17, 15) is 13.6 Å². The first-order valence-electron chi connectivity index (χ1n) is 7.75. The van der Waals surface area contributed by atoms with Crippen LogP contribution in [0.25, 0.3) is 0 Å². The minimum absolute atomic E-state index is 0.00151. The van der Waals surface area contributed by atoms with Gasteiger partial charge in [0.2, 0.25) is 0 Å². The maximum atomic E-state index is 14.1. The summed E-state index contributed by atoms with van der Waals surface area (Å²) in [4.78, 5) is 12.0. The summed E-state index contributed by atoms with van der Waals surface area (Å²) < 4.78 is 33.2.